The lowest BCUT2D eigenvalue weighted by Gasteiger charge is -2.39. The molecule has 0 radical (unpaired) electrons. The van der Waals surface area contributed by atoms with Gasteiger partial charge in [0.05, 0.1) is 35.9 Å². The van der Waals surface area contributed by atoms with Crippen molar-refractivity contribution in [2.75, 3.05) is 12.8 Å². The van der Waals surface area contributed by atoms with Gasteiger partial charge in [0.15, 0.2) is 5.82 Å². The maximum absolute atomic E-state index is 17.1. The number of hydrogen-bond donors (Lipinski definition) is 1. The summed E-state index contributed by atoms with van der Waals surface area (Å²) in [6.45, 7) is 4.18. The second-order valence-electron chi connectivity index (χ2n) is 12.0. The van der Waals surface area contributed by atoms with E-state index in [1.807, 2.05) is 38.3 Å². The van der Waals surface area contributed by atoms with Gasteiger partial charge in [-0.15, -0.1) is 11.8 Å². The number of amides is 1. The normalized spacial score (nSPS) is 19.4. The Kier molecular flexibility index (Phi) is 7.53. The number of halogens is 2. The highest BCUT2D eigenvalue weighted by Gasteiger charge is 2.55. The van der Waals surface area contributed by atoms with Crippen LogP contribution in [-0.2, 0) is 6.42 Å². The Balaban J connectivity index is 1.59. The minimum atomic E-state index is -0.964. The number of hydrogen-bond acceptors (Lipinski definition) is 6. The number of rotatable bonds is 7. The first-order valence-corrected chi connectivity index (χ1v) is 16.6. The van der Waals surface area contributed by atoms with Crippen LogP contribution in [0.4, 0.5) is 9.18 Å². The Morgan fingerprint density at radius 3 is 2.80 bits per heavy atom. The van der Waals surface area contributed by atoms with Crippen LogP contribution >= 0.6 is 23.4 Å². The summed E-state index contributed by atoms with van der Waals surface area (Å²) in [5.74, 6) is -0.432. The molecule has 1 unspecified atom stereocenters. The predicted octanol–water partition coefficient (Wildman–Crippen LogP) is 7.22. The standard InChI is InChI=1S/C34H30ClFN6O3S/c1-17-21(7-4-8-24(17)35)28-19(6-5-9-37)12-22-30(29(28)36)39-33(46-3)23-14-25(18(2)40-11-10-38-15-27(40)43)42(32(22)23)31-20-13-26(31)41(16-20)34(44)45/h4,7-8,10-12,14-15,18,20,26,31H,5-6,13,16H2,1-3H3,(H,44,45)/t18?,20-,26-,31+/m1/s1. The van der Waals surface area contributed by atoms with Crippen LogP contribution in [-0.4, -0.2) is 54.0 Å². The SMILES string of the molecule is CSc1nc2c(F)c(-c3cccc(Cl)c3C)c(CCC#N)cc2c2c1cc(C(C)n1ccncc1=O)n2[C@H]1[C@@H]2C[C@H]1N(C(=O)O)C2. The van der Waals surface area contributed by atoms with Crippen LogP contribution in [0.1, 0.15) is 48.7 Å². The molecule has 12 heteroatoms. The van der Waals surface area contributed by atoms with Crippen molar-refractivity contribution in [2.45, 2.75) is 56.3 Å². The quantitative estimate of drug-likeness (QED) is 0.184. The molecule has 46 heavy (non-hydrogen) atoms. The molecule has 8 rings (SSSR count). The molecule has 4 atom stereocenters. The number of aryl methyl sites for hydroxylation is 1. The summed E-state index contributed by atoms with van der Waals surface area (Å²) in [5.41, 5.74) is 3.87. The highest BCUT2D eigenvalue weighted by atomic mass is 35.5. The second kappa shape index (κ2) is 11.4. The first kappa shape index (κ1) is 30.3. The summed E-state index contributed by atoms with van der Waals surface area (Å²) >= 11 is 7.89. The zero-order valence-corrected chi connectivity index (χ0v) is 26.9. The monoisotopic (exact) mass is 656 g/mol. The van der Waals surface area contributed by atoms with Crippen molar-refractivity contribution in [3.05, 3.63) is 86.9 Å². The highest BCUT2D eigenvalue weighted by Crippen LogP contribution is 2.53. The van der Waals surface area contributed by atoms with E-state index in [4.69, 9.17) is 16.6 Å². The van der Waals surface area contributed by atoms with Crippen LogP contribution in [0.2, 0.25) is 5.02 Å². The van der Waals surface area contributed by atoms with Gasteiger partial charge in [-0.1, -0.05) is 23.7 Å². The molecule has 3 aromatic heterocycles. The first-order valence-electron chi connectivity index (χ1n) is 15.0. The van der Waals surface area contributed by atoms with Gasteiger partial charge in [0.1, 0.15) is 10.5 Å². The van der Waals surface area contributed by atoms with Gasteiger partial charge < -0.3 is 19.1 Å². The van der Waals surface area contributed by atoms with E-state index in [0.717, 1.165) is 28.6 Å². The Morgan fingerprint density at radius 2 is 2.11 bits per heavy atom. The van der Waals surface area contributed by atoms with Gasteiger partial charge in [-0.2, -0.15) is 5.26 Å². The predicted molar refractivity (Wildman–Crippen MR) is 176 cm³/mol. The van der Waals surface area contributed by atoms with E-state index < -0.39 is 18.0 Å². The lowest BCUT2D eigenvalue weighted by molar-refractivity contribution is 0.123. The number of carbonyl (C=O) groups is 1. The smallest absolute Gasteiger partial charge is 0.407 e. The van der Waals surface area contributed by atoms with Crippen molar-refractivity contribution in [3.63, 3.8) is 0 Å². The summed E-state index contributed by atoms with van der Waals surface area (Å²) in [6, 6.07) is 10.6. The van der Waals surface area contributed by atoms with Crippen molar-refractivity contribution in [3.8, 4) is 17.2 Å². The molecule has 3 fully saturated rings. The molecule has 0 spiro atoms. The molecule has 3 aliphatic rings. The van der Waals surface area contributed by atoms with E-state index >= 15 is 4.39 Å². The fraction of sp³-hybridized carbons (Fsp3) is 0.324. The third kappa shape index (κ3) is 4.49. The fourth-order valence-corrected chi connectivity index (χ4v) is 8.23. The molecule has 1 amide bonds. The second-order valence-corrected chi connectivity index (χ2v) is 13.2. The molecule has 5 heterocycles. The third-order valence-electron chi connectivity index (χ3n) is 9.72. The van der Waals surface area contributed by atoms with Crippen LogP contribution < -0.4 is 5.56 Å². The molecule has 2 aromatic carbocycles. The molecule has 234 valence electrons. The zero-order valence-electron chi connectivity index (χ0n) is 25.4. The van der Waals surface area contributed by atoms with Crippen molar-refractivity contribution in [1.29, 1.82) is 5.26 Å². The van der Waals surface area contributed by atoms with Crippen molar-refractivity contribution in [2.24, 2.45) is 5.92 Å². The molecular weight excluding hydrogens is 627 g/mol. The molecule has 9 nitrogen and oxygen atoms in total. The lowest BCUT2D eigenvalue weighted by atomic mass is 9.79. The average molecular weight is 657 g/mol. The van der Waals surface area contributed by atoms with E-state index in [1.54, 1.807) is 29.1 Å². The molecule has 2 saturated heterocycles. The highest BCUT2D eigenvalue weighted by molar-refractivity contribution is 7.98. The molecule has 5 aromatic rings. The number of carboxylic acid groups (broad SMARTS) is 1. The summed E-state index contributed by atoms with van der Waals surface area (Å²) < 4.78 is 20.8. The minimum absolute atomic E-state index is 0.0639. The number of thioether (sulfide) groups is 1. The van der Waals surface area contributed by atoms with Gasteiger partial charge in [-0.25, -0.2) is 14.2 Å². The summed E-state index contributed by atoms with van der Waals surface area (Å²) in [4.78, 5) is 35.5. The number of aromatic nitrogens is 4. The van der Waals surface area contributed by atoms with Gasteiger partial charge >= 0.3 is 6.09 Å². The van der Waals surface area contributed by atoms with Crippen LogP contribution in [0.3, 0.4) is 0 Å². The van der Waals surface area contributed by atoms with Crippen LogP contribution in [0.15, 0.2) is 58.7 Å². The van der Waals surface area contributed by atoms with E-state index in [-0.39, 0.29) is 35.5 Å². The number of nitriles is 1. The average Bonchev–Trinajstić information content (AvgIpc) is 3.75. The Bertz CT molecular complexity index is 2180. The van der Waals surface area contributed by atoms with E-state index in [9.17, 15) is 20.0 Å². The molecule has 1 saturated carbocycles. The van der Waals surface area contributed by atoms with Crippen LogP contribution in [0.25, 0.3) is 32.9 Å². The number of nitrogens with zero attached hydrogens (tertiary/aromatic N) is 6. The van der Waals surface area contributed by atoms with Crippen molar-refractivity contribution in [1.82, 2.24) is 24.0 Å². The van der Waals surface area contributed by atoms with Gasteiger partial charge in [-0.05, 0) is 67.8 Å². The third-order valence-corrected chi connectivity index (χ3v) is 10.8. The molecular formula is C34H30ClFN6O3S. The van der Waals surface area contributed by atoms with E-state index in [0.29, 0.717) is 45.1 Å². The van der Waals surface area contributed by atoms with Gasteiger partial charge in [0.25, 0.3) is 5.56 Å². The van der Waals surface area contributed by atoms with Crippen LogP contribution in [0, 0.1) is 30.0 Å². The van der Waals surface area contributed by atoms with Gasteiger partial charge in [0.2, 0.25) is 0 Å². The Hall–Kier alpha value is -4.40. The lowest BCUT2D eigenvalue weighted by Crippen LogP contribution is -2.43. The largest absolute Gasteiger partial charge is 0.465 e. The van der Waals surface area contributed by atoms with Crippen LogP contribution in [0.5, 0.6) is 0 Å². The maximum atomic E-state index is 17.1. The van der Waals surface area contributed by atoms with Crippen molar-refractivity contribution < 1.29 is 14.3 Å². The summed E-state index contributed by atoms with van der Waals surface area (Å²) in [7, 11) is 0. The van der Waals surface area contributed by atoms with Crippen molar-refractivity contribution >= 4 is 51.3 Å². The molecule has 2 bridgehead atoms. The fourth-order valence-electron chi connectivity index (χ4n) is 7.49. The topological polar surface area (TPSA) is 117 Å². The van der Waals surface area contributed by atoms with Gasteiger partial charge in [0, 0.05) is 58.3 Å². The number of benzene rings is 2. The Labute approximate surface area is 273 Å². The molecule has 1 N–H and O–H groups in total. The Morgan fingerprint density at radius 1 is 1.30 bits per heavy atom. The number of fused-ring (bicyclic) bond motifs is 4. The molecule has 2 aliphatic heterocycles. The zero-order chi connectivity index (χ0) is 32.4. The summed E-state index contributed by atoms with van der Waals surface area (Å²) in [5, 5.41) is 22.0. The maximum Gasteiger partial charge on any atom is 0.407 e. The van der Waals surface area contributed by atoms with E-state index in [1.165, 1.54) is 22.9 Å². The number of pyridine rings is 1. The first-order chi connectivity index (χ1) is 22.2. The summed E-state index contributed by atoms with van der Waals surface area (Å²) in [6.07, 6.45) is 6.63. The van der Waals surface area contributed by atoms with Gasteiger partial charge in [-0.3, -0.25) is 9.78 Å². The minimum Gasteiger partial charge on any atom is -0.465 e. The molecule has 1 aliphatic carbocycles. The van der Waals surface area contributed by atoms with E-state index in [2.05, 4.69) is 15.6 Å².